The zero-order chi connectivity index (χ0) is 42.1. The summed E-state index contributed by atoms with van der Waals surface area (Å²) in [6, 6.07) is 70.2. The highest BCUT2D eigenvalue weighted by Gasteiger charge is 2.19. The number of pyridine rings is 1. The number of furan rings is 2. The molecule has 13 aromatic rings. The number of benzene rings is 9. The Balaban J connectivity index is 1.06. The van der Waals surface area contributed by atoms with Crippen molar-refractivity contribution in [1.29, 1.82) is 0 Å². The molecule has 0 unspecified atom stereocenters. The van der Waals surface area contributed by atoms with Gasteiger partial charge in [-0.1, -0.05) is 133 Å². The standard InChI is InChI=1S/C59H35N3O2/c1-2-13-38(14-3-1)51-34-52(62-59(61-51)48-19-9-8-16-45(48)41-15-10-28-60-35-41)44-30-42(39-22-24-53-49(32-39)57-46-17-6-4-11-36(46)20-26-55(57)63-53)29-43(31-44)40-23-25-54-50(33-40)58-47-18-7-5-12-37(47)21-27-56(58)64-54/h1-35H. The first-order valence-electron chi connectivity index (χ1n) is 21.5. The molecule has 0 atom stereocenters. The van der Waals surface area contributed by atoms with Crippen molar-refractivity contribution in [3.8, 4) is 67.3 Å². The molecule has 5 nitrogen and oxygen atoms in total. The summed E-state index contributed by atoms with van der Waals surface area (Å²) in [5.41, 5.74) is 14.3. The van der Waals surface area contributed by atoms with Crippen LogP contribution in [-0.4, -0.2) is 15.0 Å². The third-order valence-electron chi connectivity index (χ3n) is 12.6. The van der Waals surface area contributed by atoms with Crippen molar-refractivity contribution in [1.82, 2.24) is 15.0 Å². The van der Waals surface area contributed by atoms with E-state index in [4.69, 9.17) is 18.8 Å². The van der Waals surface area contributed by atoms with Crippen molar-refractivity contribution in [2.45, 2.75) is 0 Å². The molecule has 0 aliphatic heterocycles. The molecular weight excluding hydrogens is 783 g/mol. The molecule has 0 bridgehead atoms. The first kappa shape index (κ1) is 36.0. The van der Waals surface area contributed by atoms with E-state index in [0.717, 1.165) is 105 Å². The molecule has 4 aromatic heterocycles. The van der Waals surface area contributed by atoms with Crippen molar-refractivity contribution < 1.29 is 8.83 Å². The van der Waals surface area contributed by atoms with Crippen LogP contribution in [0.15, 0.2) is 221 Å². The Labute approximate surface area is 367 Å². The molecule has 0 saturated heterocycles. The smallest absolute Gasteiger partial charge is 0.161 e. The van der Waals surface area contributed by atoms with E-state index in [2.05, 4.69) is 187 Å². The summed E-state index contributed by atoms with van der Waals surface area (Å²) < 4.78 is 12.9. The fraction of sp³-hybridized carbons (Fsp3) is 0. The van der Waals surface area contributed by atoms with Crippen molar-refractivity contribution in [2.75, 3.05) is 0 Å². The second-order valence-corrected chi connectivity index (χ2v) is 16.4. The minimum atomic E-state index is 0.638. The molecule has 0 spiro atoms. The van der Waals surface area contributed by atoms with Crippen molar-refractivity contribution in [3.05, 3.63) is 213 Å². The summed E-state index contributed by atoms with van der Waals surface area (Å²) >= 11 is 0. The van der Waals surface area contributed by atoms with Crippen molar-refractivity contribution in [3.63, 3.8) is 0 Å². The quantitative estimate of drug-likeness (QED) is 0.167. The van der Waals surface area contributed by atoms with Crippen LogP contribution in [0.4, 0.5) is 0 Å². The Bertz CT molecular complexity index is 3790. The van der Waals surface area contributed by atoms with E-state index in [9.17, 15) is 0 Å². The fourth-order valence-electron chi connectivity index (χ4n) is 9.49. The molecule has 4 heterocycles. The Morgan fingerprint density at radius 1 is 0.312 bits per heavy atom. The van der Waals surface area contributed by atoms with E-state index in [-0.39, 0.29) is 0 Å². The van der Waals surface area contributed by atoms with Gasteiger partial charge in [0.25, 0.3) is 0 Å². The SMILES string of the molecule is c1ccc(-c2cc(-c3cc(-c4ccc5oc6ccc7ccccc7c6c5c4)cc(-c4ccc5oc6ccc7ccccc7c6c5c4)c3)nc(-c3ccccc3-c3cccnc3)n2)cc1. The van der Waals surface area contributed by atoms with E-state index in [0.29, 0.717) is 5.82 Å². The number of hydrogen-bond acceptors (Lipinski definition) is 5. The summed E-state index contributed by atoms with van der Waals surface area (Å²) in [5.74, 6) is 0.638. The molecule has 0 aliphatic carbocycles. The Morgan fingerprint density at radius 2 is 0.828 bits per heavy atom. The predicted octanol–water partition coefficient (Wildman–Crippen LogP) is 16.0. The summed E-state index contributed by atoms with van der Waals surface area (Å²) in [7, 11) is 0. The topological polar surface area (TPSA) is 65.0 Å². The van der Waals surface area contributed by atoms with Crippen LogP contribution < -0.4 is 0 Å². The summed E-state index contributed by atoms with van der Waals surface area (Å²) in [5, 5.41) is 9.11. The van der Waals surface area contributed by atoms with Gasteiger partial charge in [0.15, 0.2) is 5.82 Å². The van der Waals surface area contributed by atoms with Gasteiger partial charge in [0.05, 0.1) is 11.4 Å². The lowest BCUT2D eigenvalue weighted by molar-refractivity contribution is 0.669. The van der Waals surface area contributed by atoms with Crippen molar-refractivity contribution >= 4 is 65.4 Å². The zero-order valence-electron chi connectivity index (χ0n) is 34.4. The Hall–Kier alpha value is -8.67. The van der Waals surface area contributed by atoms with Gasteiger partial charge >= 0.3 is 0 Å². The van der Waals surface area contributed by atoms with Crippen LogP contribution in [0.25, 0.3) is 133 Å². The molecule has 9 aromatic carbocycles. The second kappa shape index (κ2) is 14.5. The molecule has 0 fully saturated rings. The molecule has 0 saturated carbocycles. The maximum absolute atomic E-state index is 6.46. The average molecular weight is 818 g/mol. The second-order valence-electron chi connectivity index (χ2n) is 16.4. The largest absolute Gasteiger partial charge is 0.456 e. The molecule has 0 amide bonds. The van der Waals surface area contributed by atoms with Gasteiger partial charge in [0.2, 0.25) is 0 Å². The summed E-state index contributed by atoms with van der Waals surface area (Å²) in [4.78, 5) is 15.1. The first-order chi connectivity index (χ1) is 31.7. The molecule has 0 aliphatic rings. The lowest BCUT2D eigenvalue weighted by Crippen LogP contribution is -1.98. The van der Waals surface area contributed by atoms with Gasteiger partial charge < -0.3 is 8.83 Å². The first-order valence-corrected chi connectivity index (χ1v) is 21.5. The molecule has 13 rings (SSSR count). The number of hydrogen-bond donors (Lipinski definition) is 0. The lowest BCUT2D eigenvalue weighted by Gasteiger charge is -2.15. The number of rotatable bonds is 6. The molecule has 0 radical (unpaired) electrons. The van der Waals surface area contributed by atoms with Gasteiger partial charge in [0, 0.05) is 56.2 Å². The monoisotopic (exact) mass is 817 g/mol. The zero-order valence-corrected chi connectivity index (χ0v) is 34.4. The highest BCUT2D eigenvalue weighted by molar-refractivity contribution is 6.20. The van der Waals surface area contributed by atoms with Crippen LogP contribution >= 0.6 is 0 Å². The number of aromatic nitrogens is 3. The van der Waals surface area contributed by atoms with Gasteiger partial charge in [-0.3, -0.25) is 4.98 Å². The third-order valence-corrected chi connectivity index (χ3v) is 12.6. The fourth-order valence-corrected chi connectivity index (χ4v) is 9.49. The van der Waals surface area contributed by atoms with E-state index in [1.165, 1.54) is 21.5 Å². The summed E-state index contributed by atoms with van der Waals surface area (Å²) in [6.07, 6.45) is 3.69. The molecule has 64 heavy (non-hydrogen) atoms. The van der Waals surface area contributed by atoms with Gasteiger partial charge in [-0.2, -0.15) is 0 Å². The maximum Gasteiger partial charge on any atom is 0.161 e. The number of fused-ring (bicyclic) bond motifs is 10. The number of nitrogens with zero attached hydrogens (tertiary/aromatic N) is 3. The Morgan fingerprint density at radius 3 is 1.44 bits per heavy atom. The van der Waals surface area contributed by atoms with E-state index in [1.54, 1.807) is 6.20 Å². The molecule has 0 N–H and O–H groups in total. The predicted molar refractivity (Wildman–Crippen MR) is 262 cm³/mol. The van der Waals surface area contributed by atoms with Crippen LogP contribution in [0.3, 0.4) is 0 Å². The maximum atomic E-state index is 6.46. The minimum absolute atomic E-state index is 0.638. The minimum Gasteiger partial charge on any atom is -0.456 e. The third kappa shape index (κ3) is 5.98. The normalized spacial score (nSPS) is 11.8. The van der Waals surface area contributed by atoms with E-state index < -0.39 is 0 Å². The molecular formula is C59H35N3O2. The van der Waals surface area contributed by atoms with Crippen LogP contribution in [0.1, 0.15) is 0 Å². The molecule has 5 heteroatoms. The van der Waals surface area contributed by atoms with Gasteiger partial charge in [-0.15, -0.1) is 0 Å². The van der Waals surface area contributed by atoms with Gasteiger partial charge in [0.1, 0.15) is 22.3 Å². The van der Waals surface area contributed by atoms with Crippen LogP contribution in [0, 0.1) is 0 Å². The van der Waals surface area contributed by atoms with E-state index in [1.807, 2.05) is 24.4 Å². The lowest BCUT2D eigenvalue weighted by atomic mass is 9.92. The average Bonchev–Trinajstić information content (AvgIpc) is 3.95. The Kier molecular flexibility index (Phi) is 8.15. The van der Waals surface area contributed by atoms with Crippen molar-refractivity contribution in [2.24, 2.45) is 0 Å². The van der Waals surface area contributed by atoms with E-state index >= 15 is 0 Å². The van der Waals surface area contributed by atoms with Crippen LogP contribution in [-0.2, 0) is 0 Å². The van der Waals surface area contributed by atoms with Gasteiger partial charge in [-0.25, -0.2) is 9.97 Å². The van der Waals surface area contributed by atoms with Crippen LogP contribution in [0.2, 0.25) is 0 Å². The van der Waals surface area contributed by atoms with Crippen LogP contribution in [0.5, 0.6) is 0 Å². The van der Waals surface area contributed by atoms with Gasteiger partial charge in [-0.05, 0) is 116 Å². The highest BCUT2D eigenvalue weighted by Crippen LogP contribution is 2.42. The molecule has 298 valence electrons. The summed E-state index contributed by atoms with van der Waals surface area (Å²) in [6.45, 7) is 0. The highest BCUT2D eigenvalue weighted by atomic mass is 16.3.